The fraction of sp³-hybridized carbons (Fsp3) is 0.875. The topological polar surface area (TPSA) is 58.6 Å². The Kier molecular flexibility index (Phi) is 2.02. The molecule has 3 unspecified atom stereocenters. The van der Waals surface area contributed by atoms with Crippen LogP contribution in [0.15, 0.2) is 0 Å². The van der Waals surface area contributed by atoms with Crippen LogP contribution in [0.4, 0.5) is 0 Å². The van der Waals surface area contributed by atoms with E-state index in [1.165, 1.54) is 0 Å². The molecule has 0 saturated carbocycles. The Bertz CT molecular complexity index is 195. The molecule has 68 valence electrons. The second-order valence-electron chi connectivity index (χ2n) is 3.50. The number of fused-ring (bicyclic) bond motifs is 1. The number of rotatable bonds is 1. The summed E-state index contributed by atoms with van der Waals surface area (Å²) in [7, 11) is 0. The van der Waals surface area contributed by atoms with Gasteiger partial charge in [0, 0.05) is 12.0 Å². The van der Waals surface area contributed by atoms with Gasteiger partial charge in [0.25, 0.3) is 0 Å². The minimum absolute atomic E-state index is 0.191. The molecule has 2 aliphatic rings. The highest BCUT2D eigenvalue weighted by atomic mass is 16.5. The van der Waals surface area contributed by atoms with Crippen LogP contribution < -0.4 is 5.32 Å². The summed E-state index contributed by atoms with van der Waals surface area (Å²) in [5.74, 6) is -0.674. The fourth-order valence-electron chi connectivity index (χ4n) is 2.12. The molecule has 2 fully saturated rings. The number of aliphatic carboxylic acids is 1. The number of ether oxygens (including phenoxy) is 1. The van der Waals surface area contributed by atoms with Gasteiger partial charge in [-0.2, -0.15) is 0 Å². The molecule has 0 spiro atoms. The molecular weight excluding hydrogens is 158 g/mol. The number of nitrogens with one attached hydrogen (secondary N) is 1. The summed E-state index contributed by atoms with van der Waals surface area (Å²) in [5, 5.41) is 12.2. The fourth-order valence-corrected chi connectivity index (χ4v) is 2.12. The molecule has 2 heterocycles. The molecule has 4 heteroatoms. The van der Waals surface area contributed by atoms with E-state index in [-0.39, 0.29) is 17.9 Å². The van der Waals surface area contributed by atoms with Gasteiger partial charge in [0.2, 0.25) is 0 Å². The van der Waals surface area contributed by atoms with Crippen molar-refractivity contribution in [3.63, 3.8) is 0 Å². The van der Waals surface area contributed by atoms with E-state index in [4.69, 9.17) is 9.84 Å². The quantitative estimate of drug-likeness (QED) is 0.568. The SMILES string of the molecule is O=C(O)C1CCNC2COCC21. The number of carbonyl (C=O) groups is 1. The normalized spacial score (nSPS) is 40.8. The number of hydrogen-bond donors (Lipinski definition) is 2. The third kappa shape index (κ3) is 1.21. The third-order valence-electron chi connectivity index (χ3n) is 2.82. The van der Waals surface area contributed by atoms with E-state index in [0.29, 0.717) is 13.2 Å². The maximum Gasteiger partial charge on any atom is 0.306 e. The van der Waals surface area contributed by atoms with Crippen LogP contribution in [-0.2, 0) is 9.53 Å². The van der Waals surface area contributed by atoms with Gasteiger partial charge in [-0.3, -0.25) is 4.79 Å². The highest BCUT2D eigenvalue weighted by Gasteiger charge is 2.40. The lowest BCUT2D eigenvalue weighted by Gasteiger charge is -2.30. The molecule has 0 aromatic carbocycles. The van der Waals surface area contributed by atoms with Gasteiger partial charge >= 0.3 is 5.97 Å². The Morgan fingerprint density at radius 1 is 1.50 bits per heavy atom. The molecule has 0 aromatic heterocycles. The lowest BCUT2D eigenvalue weighted by molar-refractivity contribution is -0.144. The van der Waals surface area contributed by atoms with Crippen LogP contribution in [0.25, 0.3) is 0 Å². The summed E-state index contributed by atoms with van der Waals surface area (Å²) < 4.78 is 5.25. The van der Waals surface area contributed by atoms with E-state index in [1.807, 2.05) is 0 Å². The highest BCUT2D eigenvalue weighted by molar-refractivity contribution is 5.70. The number of hydrogen-bond acceptors (Lipinski definition) is 3. The first-order valence-corrected chi connectivity index (χ1v) is 4.33. The van der Waals surface area contributed by atoms with Gasteiger partial charge in [-0.05, 0) is 13.0 Å². The summed E-state index contributed by atoms with van der Waals surface area (Å²) >= 11 is 0. The molecule has 0 aliphatic carbocycles. The van der Waals surface area contributed by atoms with Crippen molar-refractivity contribution in [2.45, 2.75) is 12.5 Å². The molecule has 0 aromatic rings. The Labute approximate surface area is 70.9 Å². The zero-order valence-electron chi connectivity index (χ0n) is 6.82. The first-order valence-electron chi connectivity index (χ1n) is 4.33. The molecule has 0 bridgehead atoms. The van der Waals surface area contributed by atoms with E-state index >= 15 is 0 Å². The van der Waals surface area contributed by atoms with Crippen molar-refractivity contribution in [2.24, 2.45) is 11.8 Å². The standard InChI is InChI=1S/C8H13NO3/c10-8(11)5-1-2-9-7-4-12-3-6(5)7/h5-7,9H,1-4H2,(H,10,11). The zero-order chi connectivity index (χ0) is 8.55. The Morgan fingerprint density at radius 2 is 2.33 bits per heavy atom. The van der Waals surface area contributed by atoms with Crippen LogP contribution in [0.3, 0.4) is 0 Å². The molecule has 2 aliphatic heterocycles. The average Bonchev–Trinajstić information content (AvgIpc) is 2.49. The van der Waals surface area contributed by atoms with Crippen molar-refractivity contribution in [3.8, 4) is 0 Å². The Morgan fingerprint density at radius 3 is 3.08 bits per heavy atom. The molecular formula is C8H13NO3. The van der Waals surface area contributed by atoms with Crippen LogP contribution >= 0.6 is 0 Å². The van der Waals surface area contributed by atoms with Gasteiger partial charge < -0.3 is 15.2 Å². The van der Waals surface area contributed by atoms with E-state index in [0.717, 1.165) is 13.0 Å². The maximum atomic E-state index is 10.8. The van der Waals surface area contributed by atoms with Crippen molar-refractivity contribution in [3.05, 3.63) is 0 Å². The van der Waals surface area contributed by atoms with E-state index in [9.17, 15) is 4.79 Å². The second kappa shape index (κ2) is 3.03. The van der Waals surface area contributed by atoms with E-state index in [2.05, 4.69) is 5.32 Å². The monoisotopic (exact) mass is 171 g/mol. The lowest BCUT2D eigenvalue weighted by Crippen LogP contribution is -2.47. The largest absolute Gasteiger partial charge is 0.481 e. The van der Waals surface area contributed by atoms with Crippen molar-refractivity contribution in [1.29, 1.82) is 0 Å². The van der Waals surface area contributed by atoms with Gasteiger partial charge in [-0.1, -0.05) is 0 Å². The van der Waals surface area contributed by atoms with Crippen LogP contribution in [0.5, 0.6) is 0 Å². The van der Waals surface area contributed by atoms with Crippen molar-refractivity contribution in [1.82, 2.24) is 5.32 Å². The van der Waals surface area contributed by atoms with Crippen LogP contribution in [0.1, 0.15) is 6.42 Å². The molecule has 2 saturated heterocycles. The minimum atomic E-state index is -0.669. The van der Waals surface area contributed by atoms with Crippen LogP contribution in [0.2, 0.25) is 0 Å². The summed E-state index contributed by atoms with van der Waals surface area (Å²) in [6.07, 6.45) is 0.736. The molecule has 2 rings (SSSR count). The summed E-state index contributed by atoms with van der Waals surface area (Å²) in [6.45, 7) is 2.09. The number of carboxylic acids is 1. The van der Waals surface area contributed by atoms with Crippen LogP contribution in [0, 0.1) is 11.8 Å². The highest BCUT2D eigenvalue weighted by Crippen LogP contribution is 2.28. The smallest absolute Gasteiger partial charge is 0.306 e. The minimum Gasteiger partial charge on any atom is -0.481 e. The van der Waals surface area contributed by atoms with Crippen molar-refractivity contribution >= 4 is 5.97 Å². The predicted molar refractivity (Wildman–Crippen MR) is 41.8 cm³/mol. The van der Waals surface area contributed by atoms with Crippen LogP contribution in [-0.4, -0.2) is 36.9 Å². The molecule has 0 radical (unpaired) electrons. The molecule has 2 N–H and O–H groups in total. The summed E-state index contributed by atoms with van der Waals surface area (Å²) in [5.41, 5.74) is 0. The summed E-state index contributed by atoms with van der Waals surface area (Å²) in [4.78, 5) is 10.8. The number of carboxylic acid groups (broad SMARTS) is 1. The molecule has 12 heavy (non-hydrogen) atoms. The van der Waals surface area contributed by atoms with E-state index in [1.54, 1.807) is 0 Å². The van der Waals surface area contributed by atoms with Crippen molar-refractivity contribution in [2.75, 3.05) is 19.8 Å². The first kappa shape index (κ1) is 8.01. The predicted octanol–water partition coefficient (Wildman–Crippen LogP) is -0.304. The Balaban J connectivity index is 2.08. The van der Waals surface area contributed by atoms with Gasteiger partial charge in [0.05, 0.1) is 19.1 Å². The molecule has 0 amide bonds. The maximum absolute atomic E-state index is 10.8. The van der Waals surface area contributed by atoms with Gasteiger partial charge in [-0.25, -0.2) is 0 Å². The summed E-state index contributed by atoms with van der Waals surface area (Å²) in [6, 6.07) is 0.278. The first-order chi connectivity index (χ1) is 5.79. The van der Waals surface area contributed by atoms with Gasteiger partial charge in [-0.15, -0.1) is 0 Å². The number of piperidine rings is 1. The lowest BCUT2D eigenvalue weighted by atomic mass is 9.83. The zero-order valence-corrected chi connectivity index (χ0v) is 6.82. The Hall–Kier alpha value is -0.610. The van der Waals surface area contributed by atoms with Crippen molar-refractivity contribution < 1.29 is 14.6 Å². The van der Waals surface area contributed by atoms with E-state index < -0.39 is 5.97 Å². The van der Waals surface area contributed by atoms with Gasteiger partial charge in [0.1, 0.15) is 0 Å². The average molecular weight is 171 g/mol. The molecule has 3 atom stereocenters. The second-order valence-corrected chi connectivity index (χ2v) is 3.50. The van der Waals surface area contributed by atoms with Gasteiger partial charge in [0.15, 0.2) is 0 Å². The molecule has 4 nitrogen and oxygen atoms in total. The third-order valence-corrected chi connectivity index (χ3v) is 2.82.